The minimum Gasteiger partial charge on any atom is -0.469 e. The van der Waals surface area contributed by atoms with Crippen molar-refractivity contribution in [3.63, 3.8) is 0 Å². The normalized spacial score (nSPS) is 10.2. The van der Waals surface area contributed by atoms with Gasteiger partial charge in [-0.25, -0.2) is 0 Å². The van der Waals surface area contributed by atoms with Crippen LogP contribution >= 0.6 is 0 Å². The largest absolute Gasteiger partial charge is 0.469 e. The van der Waals surface area contributed by atoms with Gasteiger partial charge in [-0.1, -0.05) is 30.3 Å². The van der Waals surface area contributed by atoms with Crippen LogP contribution in [0.1, 0.15) is 17.7 Å². The van der Waals surface area contributed by atoms with Crippen LogP contribution in [0.4, 0.5) is 0 Å². The lowest BCUT2D eigenvalue weighted by Crippen LogP contribution is -2.33. The van der Waals surface area contributed by atoms with E-state index in [1.807, 2.05) is 30.3 Å². The molecule has 116 valence electrons. The molecule has 22 heavy (non-hydrogen) atoms. The zero-order valence-corrected chi connectivity index (χ0v) is 12.5. The average Bonchev–Trinajstić information content (AvgIpc) is 3.05. The van der Waals surface area contributed by atoms with Crippen LogP contribution in [0.15, 0.2) is 53.1 Å². The van der Waals surface area contributed by atoms with Gasteiger partial charge in [-0.05, 0) is 17.7 Å². The Kier molecular flexibility index (Phi) is 5.77. The molecule has 0 atom stereocenters. The molecule has 1 aromatic heterocycles. The number of hydrogen-bond acceptors (Lipinski definition) is 4. The molecule has 0 aliphatic carbocycles. The molecular formula is C17H19NO4. The fourth-order valence-corrected chi connectivity index (χ4v) is 2.09. The summed E-state index contributed by atoms with van der Waals surface area (Å²) >= 11 is 0. The molecule has 0 fully saturated rings. The molecule has 0 aliphatic rings. The van der Waals surface area contributed by atoms with Crippen molar-refractivity contribution in [1.29, 1.82) is 0 Å². The topological polar surface area (TPSA) is 59.8 Å². The molecule has 1 heterocycles. The maximum atomic E-state index is 12.5. The second kappa shape index (κ2) is 8.02. The minimum atomic E-state index is -0.336. The Morgan fingerprint density at radius 1 is 1.14 bits per heavy atom. The number of carbonyl (C=O) groups is 2. The minimum absolute atomic E-state index is 0.0495. The molecule has 0 radical (unpaired) electrons. The van der Waals surface area contributed by atoms with E-state index in [2.05, 4.69) is 4.74 Å². The first-order valence-corrected chi connectivity index (χ1v) is 7.10. The summed E-state index contributed by atoms with van der Waals surface area (Å²) in [7, 11) is 1.34. The van der Waals surface area contributed by atoms with Gasteiger partial charge in [0, 0.05) is 6.54 Å². The SMILES string of the molecule is COC(=O)CCN(Cc1ccco1)C(=O)Cc1ccccc1. The number of ether oxygens (including phenoxy) is 1. The first-order valence-electron chi connectivity index (χ1n) is 7.10. The molecule has 0 saturated heterocycles. The number of rotatable bonds is 7. The van der Waals surface area contributed by atoms with Crippen LogP contribution in [0.3, 0.4) is 0 Å². The Morgan fingerprint density at radius 2 is 1.91 bits per heavy atom. The number of benzene rings is 1. The van der Waals surface area contributed by atoms with Gasteiger partial charge in [0.05, 0.1) is 32.8 Å². The van der Waals surface area contributed by atoms with Crippen LogP contribution in [0, 0.1) is 0 Å². The zero-order valence-electron chi connectivity index (χ0n) is 12.5. The number of esters is 1. The third kappa shape index (κ3) is 4.77. The van der Waals surface area contributed by atoms with E-state index in [0.29, 0.717) is 25.3 Å². The molecule has 0 spiro atoms. The van der Waals surface area contributed by atoms with E-state index in [9.17, 15) is 9.59 Å². The molecule has 2 rings (SSSR count). The van der Waals surface area contributed by atoms with E-state index in [0.717, 1.165) is 5.56 Å². The van der Waals surface area contributed by atoms with Gasteiger partial charge in [-0.15, -0.1) is 0 Å². The monoisotopic (exact) mass is 301 g/mol. The molecule has 5 heteroatoms. The Balaban J connectivity index is 2.01. The zero-order chi connectivity index (χ0) is 15.8. The van der Waals surface area contributed by atoms with Gasteiger partial charge in [0.1, 0.15) is 5.76 Å². The Bertz CT molecular complexity index is 592. The highest BCUT2D eigenvalue weighted by molar-refractivity contribution is 5.79. The number of hydrogen-bond donors (Lipinski definition) is 0. The summed E-state index contributed by atoms with van der Waals surface area (Å²) in [5, 5.41) is 0. The standard InChI is InChI=1S/C17H19NO4/c1-21-17(20)9-10-18(13-15-8-5-11-22-15)16(19)12-14-6-3-2-4-7-14/h2-8,11H,9-10,12-13H2,1H3. The Hall–Kier alpha value is -2.56. The number of nitrogens with zero attached hydrogens (tertiary/aromatic N) is 1. The fourth-order valence-electron chi connectivity index (χ4n) is 2.09. The van der Waals surface area contributed by atoms with Crippen molar-refractivity contribution in [2.24, 2.45) is 0 Å². The van der Waals surface area contributed by atoms with Gasteiger partial charge < -0.3 is 14.1 Å². The maximum absolute atomic E-state index is 12.5. The molecule has 0 N–H and O–H groups in total. The average molecular weight is 301 g/mol. The number of furan rings is 1. The van der Waals surface area contributed by atoms with Crippen molar-refractivity contribution in [1.82, 2.24) is 4.90 Å². The van der Waals surface area contributed by atoms with E-state index < -0.39 is 0 Å². The summed E-state index contributed by atoms with van der Waals surface area (Å²) in [6.07, 6.45) is 2.02. The van der Waals surface area contributed by atoms with Gasteiger partial charge >= 0.3 is 5.97 Å². The van der Waals surface area contributed by atoms with Gasteiger partial charge in [-0.2, -0.15) is 0 Å². The van der Waals surface area contributed by atoms with Crippen molar-refractivity contribution in [2.75, 3.05) is 13.7 Å². The molecule has 0 saturated carbocycles. The van der Waals surface area contributed by atoms with E-state index in [1.54, 1.807) is 23.3 Å². The van der Waals surface area contributed by atoms with E-state index in [-0.39, 0.29) is 18.3 Å². The number of carbonyl (C=O) groups excluding carboxylic acids is 2. The van der Waals surface area contributed by atoms with Crippen LogP contribution in [0.2, 0.25) is 0 Å². The lowest BCUT2D eigenvalue weighted by atomic mass is 10.1. The van der Waals surface area contributed by atoms with Crippen molar-refractivity contribution in [3.8, 4) is 0 Å². The lowest BCUT2D eigenvalue weighted by molar-refractivity contribution is -0.141. The molecular weight excluding hydrogens is 282 g/mol. The van der Waals surface area contributed by atoms with Gasteiger partial charge in [0.15, 0.2) is 0 Å². The summed E-state index contributed by atoms with van der Waals surface area (Å²) in [5.74, 6) is 0.301. The van der Waals surface area contributed by atoms with Crippen LogP contribution < -0.4 is 0 Å². The highest BCUT2D eigenvalue weighted by Crippen LogP contribution is 2.10. The third-order valence-electron chi connectivity index (χ3n) is 3.29. The van der Waals surface area contributed by atoms with Crippen molar-refractivity contribution in [2.45, 2.75) is 19.4 Å². The predicted molar refractivity (Wildman–Crippen MR) is 80.9 cm³/mol. The lowest BCUT2D eigenvalue weighted by Gasteiger charge is -2.21. The molecule has 0 unspecified atom stereocenters. The van der Waals surface area contributed by atoms with Crippen LogP contribution in [0.25, 0.3) is 0 Å². The predicted octanol–water partition coefficient (Wildman–Crippen LogP) is 2.41. The fraction of sp³-hybridized carbons (Fsp3) is 0.294. The molecule has 0 aliphatic heterocycles. The summed E-state index contributed by atoms with van der Waals surface area (Å²) in [6, 6.07) is 13.1. The Morgan fingerprint density at radius 3 is 2.55 bits per heavy atom. The van der Waals surface area contributed by atoms with E-state index >= 15 is 0 Å². The number of amides is 1. The Labute approximate surface area is 129 Å². The van der Waals surface area contributed by atoms with Crippen LogP contribution in [-0.4, -0.2) is 30.4 Å². The van der Waals surface area contributed by atoms with Crippen molar-refractivity contribution in [3.05, 3.63) is 60.1 Å². The molecule has 0 bridgehead atoms. The van der Waals surface area contributed by atoms with E-state index in [1.165, 1.54) is 7.11 Å². The second-order valence-corrected chi connectivity index (χ2v) is 4.88. The van der Waals surface area contributed by atoms with Gasteiger partial charge in [-0.3, -0.25) is 9.59 Å². The highest BCUT2D eigenvalue weighted by atomic mass is 16.5. The summed E-state index contributed by atoms with van der Waals surface area (Å²) in [4.78, 5) is 25.4. The van der Waals surface area contributed by atoms with Crippen LogP contribution in [0.5, 0.6) is 0 Å². The molecule has 1 amide bonds. The summed E-state index contributed by atoms with van der Waals surface area (Å²) in [6.45, 7) is 0.648. The van der Waals surface area contributed by atoms with Gasteiger partial charge in [0.2, 0.25) is 5.91 Å². The van der Waals surface area contributed by atoms with Crippen LogP contribution in [-0.2, 0) is 27.3 Å². The third-order valence-corrected chi connectivity index (χ3v) is 3.29. The van der Waals surface area contributed by atoms with Crippen molar-refractivity contribution < 1.29 is 18.7 Å². The van der Waals surface area contributed by atoms with E-state index in [4.69, 9.17) is 4.42 Å². The summed E-state index contributed by atoms with van der Waals surface area (Å²) < 4.78 is 9.92. The molecule has 2 aromatic rings. The highest BCUT2D eigenvalue weighted by Gasteiger charge is 2.17. The molecule has 5 nitrogen and oxygen atoms in total. The first kappa shape index (κ1) is 15.8. The molecule has 1 aromatic carbocycles. The smallest absolute Gasteiger partial charge is 0.307 e. The first-order chi connectivity index (χ1) is 10.7. The number of methoxy groups -OCH3 is 1. The van der Waals surface area contributed by atoms with Gasteiger partial charge in [0.25, 0.3) is 0 Å². The van der Waals surface area contributed by atoms with Crippen molar-refractivity contribution >= 4 is 11.9 Å². The quantitative estimate of drug-likeness (QED) is 0.737. The second-order valence-electron chi connectivity index (χ2n) is 4.88. The maximum Gasteiger partial charge on any atom is 0.307 e. The summed E-state index contributed by atoms with van der Waals surface area (Å²) in [5.41, 5.74) is 0.940.